The zero-order valence-electron chi connectivity index (χ0n) is 11.5. The van der Waals surface area contributed by atoms with Crippen LogP contribution in [0.2, 0.25) is 0 Å². The van der Waals surface area contributed by atoms with E-state index in [9.17, 15) is 8.42 Å². The Labute approximate surface area is 118 Å². The Morgan fingerprint density at radius 3 is 2.75 bits per heavy atom. The number of sulfonamides is 1. The Kier molecular flexibility index (Phi) is 5.63. The molecule has 0 amide bonds. The zero-order chi connectivity index (χ0) is 15.2. The molecule has 20 heavy (non-hydrogen) atoms. The van der Waals surface area contributed by atoms with E-state index in [0.717, 1.165) is 6.42 Å². The van der Waals surface area contributed by atoms with E-state index >= 15 is 0 Å². The lowest BCUT2D eigenvalue weighted by molar-refractivity contribution is 0.318. The first-order valence-corrected chi connectivity index (χ1v) is 7.75. The third kappa shape index (κ3) is 4.30. The van der Waals surface area contributed by atoms with Gasteiger partial charge in [0.1, 0.15) is 5.75 Å². The molecule has 0 atom stereocenters. The quantitative estimate of drug-likeness (QED) is 0.304. The summed E-state index contributed by atoms with van der Waals surface area (Å²) >= 11 is 0. The van der Waals surface area contributed by atoms with E-state index in [-0.39, 0.29) is 11.6 Å². The number of ether oxygens (including phenoxy) is 1. The maximum atomic E-state index is 11.8. The van der Waals surface area contributed by atoms with Crippen LogP contribution in [0.25, 0.3) is 0 Å². The topological polar surface area (TPSA) is 114 Å². The zero-order valence-corrected chi connectivity index (χ0v) is 12.3. The lowest BCUT2D eigenvalue weighted by Crippen LogP contribution is -2.18. The minimum absolute atomic E-state index is 0.0502. The molecule has 0 aliphatic carbocycles. The highest BCUT2D eigenvalue weighted by molar-refractivity contribution is 7.92. The van der Waals surface area contributed by atoms with Crippen LogP contribution < -0.4 is 15.2 Å². The molecule has 1 aromatic rings. The molecule has 0 fully saturated rings. The molecule has 0 saturated heterocycles. The fraction of sp³-hybridized carbons (Fsp3) is 0.417. The van der Waals surface area contributed by atoms with Crippen molar-refractivity contribution >= 4 is 21.5 Å². The Morgan fingerprint density at radius 1 is 1.50 bits per heavy atom. The van der Waals surface area contributed by atoms with Gasteiger partial charge in [-0.1, -0.05) is 18.5 Å². The number of hydrogen-bond donors (Lipinski definition) is 3. The van der Waals surface area contributed by atoms with Gasteiger partial charge in [-0.05, 0) is 24.6 Å². The van der Waals surface area contributed by atoms with Gasteiger partial charge in [0, 0.05) is 5.56 Å². The molecular formula is C12H19N3O4S. The summed E-state index contributed by atoms with van der Waals surface area (Å²) in [6.45, 7) is 1.92. The average Bonchev–Trinajstić information content (AvgIpc) is 2.44. The van der Waals surface area contributed by atoms with Crippen molar-refractivity contribution in [1.82, 2.24) is 0 Å². The highest BCUT2D eigenvalue weighted by Crippen LogP contribution is 2.26. The summed E-state index contributed by atoms with van der Waals surface area (Å²) in [5.41, 5.74) is 6.22. The van der Waals surface area contributed by atoms with Gasteiger partial charge in [-0.25, -0.2) is 8.42 Å². The molecule has 0 heterocycles. The second kappa shape index (κ2) is 6.99. The number of rotatable bonds is 7. The van der Waals surface area contributed by atoms with Crippen LogP contribution in [0.3, 0.4) is 0 Å². The maximum absolute atomic E-state index is 11.8. The number of amidine groups is 1. The van der Waals surface area contributed by atoms with Crippen molar-refractivity contribution in [3.8, 4) is 5.75 Å². The number of nitrogens with one attached hydrogen (secondary N) is 1. The number of benzene rings is 1. The number of anilines is 1. The number of nitrogens with zero attached hydrogens (tertiary/aromatic N) is 1. The SMILES string of the molecule is CCCCS(=O)(=O)Nc1ccc(/C(N)=N/O)cc1OC. The van der Waals surface area contributed by atoms with Crippen LogP contribution in [0.15, 0.2) is 23.4 Å². The summed E-state index contributed by atoms with van der Waals surface area (Å²) < 4.78 is 31.3. The van der Waals surface area contributed by atoms with Gasteiger partial charge in [0.2, 0.25) is 10.0 Å². The van der Waals surface area contributed by atoms with E-state index in [1.54, 1.807) is 0 Å². The molecule has 0 saturated carbocycles. The third-order valence-corrected chi connectivity index (χ3v) is 3.99. The van der Waals surface area contributed by atoms with Crippen molar-refractivity contribution in [1.29, 1.82) is 0 Å². The number of unbranched alkanes of at least 4 members (excludes halogenated alkanes) is 1. The lowest BCUT2D eigenvalue weighted by atomic mass is 10.2. The summed E-state index contributed by atoms with van der Waals surface area (Å²) in [4.78, 5) is 0. The molecule has 0 bridgehead atoms. The van der Waals surface area contributed by atoms with Gasteiger partial charge in [-0.2, -0.15) is 0 Å². The molecule has 0 aromatic heterocycles. The molecular weight excluding hydrogens is 282 g/mol. The van der Waals surface area contributed by atoms with E-state index < -0.39 is 10.0 Å². The molecule has 0 unspecified atom stereocenters. The van der Waals surface area contributed by atoms with E-state index in [2.05, 4.69) is 9.88 Å². The number of hydrogen-bond acceptors (Lipinski definition) is 5. The Bertz CT molecular complexity index is 584. The largest absolute Gasteiger partial charge is 0.495 e. The van der Waals surface area contributed by atoms with Crippen LogP contribution in [0, 0.1) is 0 Å². The molecule has 0 aliphatic rings. The van der Waals surface area contributed by atoms with E-state index in [4.69, 9.17) is 15.7 Å². The predicted octanol–water partition coefficient (Wildman–Crippen LogP) is 1.33. The maximum Gasteiger partial charge on any atom is 0.232 e. The molecule has 112 valence electrons. The first-order valence-electron chi connectivity index (χ1n) is 6.10. The van der Waals surface area contributed by atoms with Crippen LogP contribution in [0.1, 0.15) is 25.3 Å². The van der Waals surface area contributed by atoms with Gasteiger partial charge < -0.3 is 15.7 Å². The molecule has 1 rings (SSSR count). The molecule has 0 spiro atoms. The normalized spacial score (nSPS) is 12.2. The van der Waals surface area contributed by atoms with Gasteiger partial charge in [0.15, 0.2) is 5.84 Å². The second-order valence-corrected chi connectivity index (χ2v) is 6.02. The number of oxime groups is 1. The smallest absolute Gasteiger partial charge is 0.232 e. The van der Waals surface area contributed by atoms with E-state index in [1.807, 2.05) is 6.92 Å². The molecule has 1 aromatic carbocycles. The fourth-order valence-electron chi connectivity index (χ4n) is 1.55. The van der Waals surface area contributed by atoms with Crippen LogP contribution in [-0.4, -0.2) is 32.3 Å². The summed E-state index contributed by atoms with van der Waals surface area (Å²) in [5.74, 6) is 0.270. The fourth-order valence-corrected chi connectivity index (χ4v) is 2.82. The van der Waals surface area contributed by atoms with E-state index in [0.29, 0.717) is 23.4 Å². The van der Waals surface area contributed by atoms with Crippen LogP contribution in [0.4, 0.5) is 5.69 Å². The molecule has 4 N–H and O–H groups in total. The van der Waals surface area contributed by atoms with Crippen LogP contribution in [0.5, 0.6) is 5.75 Å². The van der Waals surface area contributed by atoms with Crippen LogP contribution in [-0.2, 0) is 10.0 Å². The lowest BCUT2D eigenvalue weighted by Gasteiger charge is -2.12. The van der Waals surface area contributed by atoms with E-state index in [1.165, 1.54) is 25.3 Å². The Hall–Kier alpha value is -1.96. The molecule has 7 nitrogen and oxygen atoms in total. The minimum atomic E-state index is -3.41. The summed E-state index contributed by atoms with van der Waals surface area (Å²) in [7, 11) is -2.00. The van der Waals surface area contributed by atoms with Crippen molar-refractivity contribution in [2.45, 2.75) is 19.8 Å². The van der Waals surface area contributed by atoms with Gasteiger partial charge in [0.25, 0.3) is 0 Å². The highest BCUT2D eigenvalue weighted by Gasteiger charge is 2.14. The van der Waals surface area contributed by atoms with Crippen molar-refractivity contribution in [3.63, 3.8) is 0 Å². The minimum Gasteiger partial charge on any atom is -0.495 e. The Balaban J connectivity index is 3.02. The van der Waals surface area contributed by atoms with Gasteiger partial charge in [-0.3, -0.25) is 4.72 Å². The van der Waals surface area contributed by atoms with Crippen molar-refractivity contribution in [2.24, 2.45) is 10.9 Å². The van der Waals surface area contributed by atoms with Gasteiger partial charge >= 0.3 is 0 Å². The van der Waals surface area contributed by atoms with Crippen LogP contribution >= 0.6 is 0 Å². The second-order valence-electron chi connectivity index (χ2n) is 4.17. The van der Waals surface area contributed by atoms with Crippen molar-refractivity contribution in [2.75, 3.05) is 17.6 Å². The third-order valence-electron chi connectivity index (χ3n) is 2.64. The Morgan fingerprint density at radius 2 is 2.20 bits per heavy atom. The summed E-state index contributed by atoms with van der Waals surface area (Å²) in [6.07, 6.45) is 1.38. The van der Waals surface area contributed by atoms with Gasteiger partial charge in [-0.15, -0.1) is 0 Å². The predicted molar refractivity (Wildman–Crippen MR) is 77.8 cm³/mol. The van der Waals surface area contributed by atoms with Crippen molar-refractivity contribution < 1.29 is 18.4 Å². The number of nitrogens with two attached hydrogens (primary N) is 1. The summed E-state index contributed by atoms with van der Waals surface area (Å²) in [5, 5.41) is 11.5. The standard InChI is InChI=1S/C12H19N3O4S/c1-3-4-7-20(17,18)15-10-6-5-9(12(13)14-16)8-11(10)19-2/h5-6,8,15-16H,3-4,7H2,1-2H3,(H2,13,14). The summed E-state index contributed by atoms with van der Waals surface area (Å²) in [6, 6.07) is 4.54. The first-order chi connectivity index (χ1) is 9.43. The molecule has 0 aliphatic heterocycles. The first kappa shape index (κ1) is 16.1. The number of methoxy groups -OCH3 is 1. The monoisotopic (exact) mass is 301 g/mol. The molecule has 8 heteroatoms. The van der Waals surface area contributed by atoms with Crippen molar-refractivity contribution in [3.05, 3.63) is 23.8 Å². The molecule has 0 radical (unpaired) electrons. The highest BCUT2D eigenvalue weighted by atomic mass is 32.2. The average molecular weight is 301 g/mol. The van der Waals surface area contributed by atoms with Gasteiger partial charge in [0.05, 0.1) is 18.6 Å².